The molecule has 112 valence electrons. The van der Waals surface area contributed by atoms with Crippen LogP contribution >= 0.6 is 0 Å². The van der Waals surface area contributed by atoms with Crippen molar-refractivity contribution in [2.24, 2.45) is 17.3 Å². The molecule has 0 saturated heterocycles. The number of furan rings is 1. The first-order chi connectivity index (χ1) is 9.86. The van der Waals surface area contributed by atoms with E-state index >= 15 is 0 Å². The Morgan fingerprint density at radius 3 is 2.81 bits per heavy atom. The fourth-order valence-electron chi connectivity index (χ4n) is 2.61. The molecule has 0 aromatic carbocycles. The van der Waals surface area contributed by atoms with Gasteiger partial charge in [0.15, 0.2) is 0 Å². The number of esters is 1. The molecule has 1 aromatic rings. The van der Waals surface area contributed by atoms with Crippen molar-refractivity contribution in [3.8, 4) is 12.3 Å². The Morgan fingerprint density at radius 1 is 1.52 bits per heavy atom. The maximum Gasteiger partial charge on any atom is 0.310 e. The number of allylic oxidation sites excluding steroid dienone is 2. The van der Waals surface area contributed by atoms with Crippen LogP contribution in [-0.4, -0.2) is 5.97 Å². The summed E-state index contributed by atoms with van der Waals surface area (Å²) in [4.78, 5) is 12.1. The van der Waals surface area contributed by atoms with Crippen molar-refractivity contribution < 1.29 is 18.3 Å². The molecule has 0 aliphatic heterocycles. The summed E-state index contributed by atoms with van der Waals surface area (Å²) < 4.78 is 23.7. The smallest absolute Gasteiger partial charge is 0.310 e. The van der Waals surface area contributed by atoms with Crippen LogP contribution in [0, 0.1) is 29.6 Å². The number of halogens is 1. The summed E-state index contributed by atoms with van der Waals surface area (Å²) in [6.45, 7) is 5.32. The largest absolute Gasteiger partial charge is 0.461 e. The molecule has 0 N–H and O–H groups in total. The number of carbonyl (C=O) groups is 1. The normalized spacial score (nSPS) is 23.5. The molecule has 1 aliphatic carbocycles. The minimum absolute atomic E-state index is 0.0705. The molecule has 0 unspecified atom stereocenters. The van der Waals surface area contributed by atoms with Gasteiger partial charge in [0, 0.05) is 0 Å². The zero-order chi connectivity index (χ0) is 15.6. The highest BCUT2D eigenvalue weighted by atomic mass is 19.1. The minimum atomic E-state index is -0.322. The molecule has 21 heavy (non-hydrogen) atoms. The van der Waals surface area contributed by atoms with Crippen LogP contribution in [-0.2, 0) is 22.6 Å². The average molecular weight is 290 g/mol. The van der Waals surface area contributed by atoms with E-state index in [-0.39, 0.29) is 35.7 Å². The molecule has 3 nitrogen and oxygen atoms in total. The van der Waals surface area contributed by atoms with Gasteiger partial charge in [-0.25, -0.2) is 4.39 Å². The Balaban J connectivity index is 1.91. The Bertz CT molecular complexity index is 600. The molecule has 1 fully saturated rings. The van der Waals surface area contributed by atoms with Gasteiger partial charge in [0.2, 0.25) is 0 Å². The zero-order valence-electron chi connectivity index (χ0n) is 12.5. The van der Waals surface area contributed by atoms with Crippen LogP contribution in [0.2, 0.25) is 0 Å². The molecule has 2 rings (SSSR count). The Morgan fingerprint density at radius 2 is 2.19 bits per heavy atom. The van der Waals surface area contributed by atoms with E-state index in [2.05, 4.69) is 5.92 Å². The molecule has 0 bridgehead atoms. The molecule has 1 aromatic heterocycles. The van der Waals surface area contributed by atoms with E-state index in [1.54, 1.807) is 12.1 Å². The van der Waals surface area contributed by atoms with Gasteiger partial charge in [-0.2, -0.15) is 0 Å². The maximum absolute atomic E-state index is 13.0. The molecular weight excluding hydrogens is 271 g/mol. The van der Waals surface area contributed by atoms with E-state index in [0.29, 0.717) is 17.9 Å². The number of hydrogen-bond donors (Lipinski definition) is 0. The molecule has 1 aliphatic rings. The van der Waals surface area contributed by atoms with Crippen molar-refractivity contribution >= 4 is 5.97 Å². The van der Waals surface area contributed by atoms with Gasteiger partial charge in [-0.05, 0) is 36.5 Å². The summed E-state index contributed by atoms with van der Waals surface area (Å²) in [6, 6.07) is 3.50. The predicted octanol–water partition coefficient (Wildman–Crippen LogP) is 3.64. The molecule has 2 atom stereocenters. The second-order valence-electron chi connectivity index (χ2n) is 5.93. The maximum atomic E-state index is 13.0. The van der Waals surface area contributed by atoms with Crippen LogP contribution < -0.4 is 0 Å². The topological polar surface area (TPSA) is 39.4 Å². The third kappa shape index (κ3) is 3.36. The quantitative estimate of drug-likeness (QED) is 0.614. The van der Waals surface area contributed by atoms with Crippen LogP contribution in [0.1, 0.15) is 32.3 Å². The van der Waals surface area contributed by atoms with Gasteiger partial charge < -0.3 is 9.15 Å². The molecule has 1 heterocycles. The Kier molecular flexibility index (Phi) is 4.22. The number of terminal acetylenes is 1. The van der Waals surface area contributed by atoms with E-state index < -0.39 is 0 Å². The average Bonchev–Trinajstić information content (AvgIpc) is 2.75. The SMILES string of the molecule is C#CCc1ccc(COC(=O)[C@@H]2[C@@H](/C=C(\C)F)C2(C)C)o1. The summed E-state index contributed by atoms with van der Waals surface area (Å²) in [6.07, 6.45) is 7.09. The van der Waals surface area contributed by atoms with Gasteiger partial charge in [0.05, 0.1) is 18.2 Å². The van der Waals surface area contributed by atoms with Gasteiger partial charge in [0.25, 0.3) is 0 Å². The van der Waals surface area contributed by atoms with Gasteiger partial charge in [-0.1, -0.05) is 19.8 Å². The summed E-state index contributed by atoms with van der Waals surface area (Å²) in [5.41, 5.74) is -0.262. The van der Waals surface area contributed by atoms with E-state index in [1.807, 2.05) is 13.8 Å². The Labute approximate surface area is 124 Å². The van der Waals surface area contributed by atoms with Crippen molar-refractivity contribution in [1.82, 2.24) is 0 Å². The summed E-state index contributed by atoms with van der Waals surface area (Å²) >= 11 is 0. The highest BCUT2D eigenvalue weighted by Gasteiger charge is 2.61. The lowest BCUT2D eigenvalue weighted by Crippen LogP contribution is -2.10. The molecule has 1 saturated carbocycles. The third-order valence-corrected chi connectivity index (χ3v) is 3.92. The van der Waals surface area contributed by atoms with Crippen molar-refractivity contribution in [2.75, 3.05) is 0 Å². The number of hydrogen-bond acceptors (Lipinski definition) is 3. The number of rotatable bonds is 5. The van der Waals surface area contributed by atoms with Crippen LogP contribution in [0.5, 0.6) is 0 Å². The Hall–Kier alpha value is -2.02. The fraction of sp³-hybridized carbons (Fsp3) is 0.471. The first-order valence-electron chi connectivity index (χ1n) is 6.88. The fourth-order valence-corrected chi connectivity index (χ4v) is 2.61. The second kappa shape index (κ2) is 5.77. The van der Waals surface area contributed by atoms with E-state index in [0.717, 1.165) is 0 Å². The molecular formula is C17H19FO3. The van der Waals surface area contributed by atoms with Gasteiger partial charge >= 0.3 is 5.97 Å². The van der Waals surface area contributed by atoms with Crippen molar-refractivity contribution in [3.05, 3.63) is 35.6 Å². The van der Waals surface area contributed by atoms with Crippen molar-refractivity contribution in [2.45, 2.75) is 33.8 Å². The predicted molar refractivity (Wildman–Crippen MR) is 76.7 cm³/mol. The summed E-state index contributed by atoms with van der Waals surface area (Å²) in [5.74, 6) is 2.71. The molecule has 4 heteroatoms. The summed E-state index contributed by atoms with van der Waals surface area (Å²) in [7, 11) is 0. The minimum Gasteiger partial charge on any atom is -0.461 e. The van der Waals surface area contributed by atoms with Crippen LogP contribution in [0.3, 0.4) is 0 Å². The lowest BCUT2D eigenvalue weighted by atomic mass is 10.1. The van der Waals surface area contributed by atoms with Gasteiger partial charge in [-0.15, -0.1) is 6.42 Å². The van der Waals surface area contributed by atoms with Crippen LogP contribution in [0.4, 0.5) is 4.39 Å². The lowest BCUT2D eigenvalue weighted by Gasteiger charge is -2.03. The van der Waals surface area contributed by atoms with Crippen LogP contribution in [0.25, 0.3) is 0 Å². The first-order valence-corrected chi connectivity index (χ1v) is 6.88. The van der Waals surface area contributed by atoms with Crippen LogP contribution in [0.15, 0.2) is 28.5 Å². The highest BCUT2D eigenvalue weighted by molar-refractivity contribution is 5.78. The van der Waals surface area contributed by atoms with Gasteiger partial charge in [-0.3, -0.25) is 4.79 Å². The van der Waals surface area contributed by atoms with E-state index in [9.17, 15) is 9.18 Å². The first kappa shape index (κ1) is 15.4. The lowest BCUT2D eigenvalue weighted by molar-refractivity contribution is -0.148. The molecule has 0 amide bonds. The molecule has 0 radical (unpaired) electrons. The molecule has 0 spiro atoms. The second-order valence-corrected chi connectivity index (χ2v) is 5.93. The monoisotopic (exact) mass is 290 g/mol. The zero-order valence-corrected chi connectivity index (χ0v) is 12.5. The van der Waals surface area contributed by atoms with E-state index in [1.165, 1.54) is 13.0 Å². The van der Waals surface area contributed by atoms with E-state index in [4.69, 9.17) is 15.6 Å². The standard InChI is InChI=1S/C17H19FO3/c1-5-6-12-7-8-13(21-12)10-20-16(19)15-14(9-11(2)18)17(15,3)4/h1,7-9,14-15H,6,10H2,2-4H3/b11-9+/t14-,15+/m1/s1. The van der Waals surface area contributed by atoms with Crippen molar-refractivity contribution in [1.29, 1.82) is 0 Å². The van der Waals surface area contributed by atoms with Gasteiger partial charge in [0.1, 0.15) is 18.1 Å². The van der Waals surface area contributed by atoms with Crippen molar-refractivity contribution in [3.63, 3.8) is 0 Å². The number of ether oxygens (including phenoxy) is 1. The number of carbonyl (C=O) groups excluding carboxylic acids is 1. The highest BCUT2D eigenvalue weighted by Crippen LogP contribution is 2.59. The summed E-state index contributed by atoms with van der Waals surface area (Å²) in [5, 5.41) is 0. The third-order valence-electron chi connectivity index (χ3n) is 3.92.